The van der Waals surface area contributed by atoms with Crippen LogP contribution in [0.3, 0.4) is 0 Å². The van der Waals surface area contributed by atoms with Crippen LogP contribution in [0.15, 0.2) is 72.8 Å². The molecule has 204 valence electrons. The van der Waals surface area contributed by atoms with Crippen molar-refractivity contribution >= 4 is 35.2 Å². The average molecular weight is 531 g/mol. The molecule has 2 unspecified atom stereocenters. The maximum Gasteiger partial charge on any atom is 0.323 e. The second-order valence-electron chi connectivity index (χ2n) is 9.88. The molecule has 39 heavy (non-hydrogen) atoms. The van der Waals surface area contributed by atoms with Gasteiger partial charge in [0.1, 0.15) is 6.04 Å². The van der Waals surface area contributed by atoms with Crippen LogP contribution < -0.4 is 10.6 Å². The van der Waals surface area contributed by atoms with Crippen molar-refractivity contribution in [3.63, 3.8) is 0 Å². The monoisotopic (exact) mass is 530 g/mol. The van der Waals surface area contributed by atoms with Crippen molar-refractivity contribution in [3.05, 3.63) is 84.0 Å². The van der Waals surface area contributed by atoms with Crippen molar-refractivity contribution in [3.8, 4) is 0 Å². The Kier molecular flexibility index (Phi) is 9.14. The van der Waals surface area contributed by atoms with Crippen LogP contribution in [-0.4, -0.2) is 64.4 Å². The summed E-state index contributed by atoms with van der Waals surface area (Å²) in [5.41, 5.74) is 3.04. The minimum absolute atomic E-state index is 0.120. The average Bonchev–Trinajstić information content (AvgIpc) is 2.92. The SMILES string of the molecule is Cc1ccccc1NC(=O)Nc1ccc(CC(=O)N2CCN(CCC(=O)O)C(=O)C2CC2C=CC=CC2)cc1. The minimum atomic E-state index is -0.955. The molecule has 1 heterocycles. The molecule has 1 saturated heterocycles. The molecule has 1 fully saturated rings. The van der Waals surface area contributed by atoms with Gasteiger partial charge in [0.2, 0.25) is 11.8 Å². The summed E-state index contributed by atoms with van der Waals surface area (Å²) >= 11 is 0. The minimum Gasteiger partial charge on any atom is -0.481 e. The summed E-state index contributed by atoms with van der Waals surface area (Å²) in [6.07, 6.45) is 9.29. The highest BCUT2D eigenvalue weighted by atomic mass is 16.4. The van der Waals surface area contributed by atoms with Crippen LogP contribution in [0, 0.1) is 12.8 Å². The number of carboxylic acid groups (broad SMARTS) is 1. The first kappa shape index (κ1) is 27.6. The summed E-state index contributed by atoms with van der Waals surface area (Å²) in [4.78, 5) is 53.4. The van der Waals surface area contributed by atoms with Crippen LogP contribution in [0.25, 0.3) is 0 Å². The second kappa shape index (κ2) is 12.9. The van der Waals surface area contributed by atoms with E-state index in [4.69, 9.17) is 5.11 Å². The predicted octanol–water partition coefficient (Wildman–Crippen LogP) is 4.22. The van der Waals surface area contributed by atoms with E-state index in [0.717, 1.165) is 23.2 Å². The number of aliphatic carboxylic acids is 1. The molecule has 1 aliphatic heterocycles. The molecule has 2 atom stereocenters. The number of carbonyl (C=O) groups is 4. The standard InChI is InChI=1S/C30H34N4O5/c1-21-7-5-6-10-25(21)32-30(39)31-24-13-11-23(12-14-24)20-27(35)34-18-17-33(16-15-28(36)37)29(38)26(34)19-22-8-3-2-4-9-22/h2-8,10-14,22,26H,9,15-20H2,1H3,(H,36,37)(H2,31,32,39). The highest BCUT2D eigenvalue weighted by Crippen LogP contribution is 2.25. The third-order valence-electron chi connectivity index (χ3n) is 7.06. The van der Waals surface area contributed by atoms with Crippen LogP contribution in [0.5, 0.6) is 0 Å². The Morgan fingerprint density at radius 3 is 2.46 bits per heavy atom. The van der Waals surface area contributed by atoms with E-state index in [1.165, 1.54) is 0 Å². The summed E-state index contributed by atoms with van der Waals surface area (Å²) in [5, 5.41) is 14.7. The van der Waals surface area contributed by atoms with Gasteiger partial charge >= 0.3 is 12.0 Å². The first-order valence-corrected chi connectivity index (χ1v) is 13.2. The predicted molar refractivity (Wildman–Crippen MR) is 149 cm³/mol. The van der Waals surface area contributed by atoms with Crippen LogP contribution in [-0.2, 0) is 20.8 Å². The van der Waals surface area contributed by atoms with E-state index in [1.807, 2.05) is 55.5 Å². The number of rotatable bonds is 9. The first-order valence-electron chi connectivity index (χ1n) is 13.2. The Balaban J connectivity index is 1.38. The van der Waals surface area contributed by atoms with E-state index in [9.17, 15) is 19.2 Å². The van der Waals surface area contributed by atoms with Crippen LogP contribution in [0.4, 0.5) is 16.2 Å². The number of nitrogens with one attached hydrogen (secondary N) is 2. The number of anilines is 2. The van der Waals surface area contributed by atoms with Gasteiger partial charge < -0.3 is 25.5 Å². The van der Waals surface area contributed by atoms with Gasteiger partial charge in [-0.2, -0.15) is 0 Å². The smallest absolute Gasteiger partial charge is 0.323 e. The topological polar surface area (TPSA) is 119 Å². The van der Waals surface area contributed by atoms with Crippen molar-refractivity contribution in [2.24, 2.45) is 5.92 Å². The number of piperazine rings is 1. The molecule has 9 heteroatoms. The molecule has 0 saturated carbocycles. The molecule has 0 radical (unpaired) electrons. The van der Waals surface area contributed by atoms with Crippen molar-refractivity contribution in [2.75, 3.05) is 30.3 Å². The lowest BCUT2D eigenvalue weighted by atomic mass is 9.90. The number of allylic oxidation sites excluding steroid dienone is 4. The lowest BCUT2D eigenvalue weighted by Crippen LogP contribution is -2.59. The normalized spacial score (nSPS) is 18.6. The lowest BCUT2D eigenvalue weighted by Gasteiger charge is -2.41. The number of carbonyl (C=O) groups excluding carboxylic acids is 3. The van der Waals surface area contributed by atoms with Gasteiger partial charge in [-0.15, -0.1) is 0 Å². The zero-order valence-corrected chi connectivity index (χ0v) is 22.0. The fourth-order valence-electron chi connectivity index (χ4n) is 4.89. The van der Waals surface area contributed by atoms with Crippen molar-refractivity contribution in [1.29, 1.82) is 0 Å². The van der Waals surface area contributed by atoms with Gasteiger partial charge in [-0.1, -0.05) is 54.6 Å². The van der Waals surface area contributed by atoms with E-state index in [2.05, 4.69) is 10.6 Å². The largest absolute Gasteiger partial charge is 0.481 e. The van der Waals surface area contributed by atoms with Gasteiger partial charge in [0.05, 0.1) is 12.8 Å². The number of hydrogen-bond donors (Lipinski definition) is 3. The molecular formula is C30H34N4O5. The molecule has 1 aliphatic carbocycles. The van der Waals surface area contributed by atoms with Gasteiger partial charge in [-0.3, -0.25) is 14.4 Å². The summed E-state index contributed by atoms with van der Waals surface area (Å²) in [5.74, 6) is -1.17. The molecular weight excluding hydrogens is 496 g/mol. The Morgan fingerprint density at radius 2 is 1.77 bits per heavy atom. The Morgan fingerprint density at radius 1 is 1.00 bits per heavy atom. The molecule has 0 bridgehead atoms. The van der Waals surface area contributed by atoms with Gasteiger partial charge in [-0.25, -0.2) is 4.79 Å². The number of hydrogen-bond acceptors (Lipinski definition) is 4. The number of benzene rings is 2. The van der Waals surface area contributed by atoms with Gasteiger partial charge in [0.15, 0.2) is 0 Å². The number of urea groups is 1. The molecule has 2 aromatic rings. The van der Waals surface area contributed by atoms with Crippen molar-refractivity contribution in [1.82, 2.24) is 9.80 Å². The zero-order valence-electron chi connectivity index (χ0n) is 22.0. The van der Waals surface area contributed by atoms with E-state index in [1.54, 1.807) is 34.1 Å². The maximum absolute atomic E-state index is 13.4. The van der Waals surface area contributed by atoms with E-state index >= 15 is 0 Å². The fraction of sp³-hybridized carbons (Fsp3) is 0.333. The molecule has 0 aromatic heterocycles. The number of aryl methyl sites for hydroxylation is 1. The summed E-state index contributed by atoms with van der Waals surface area (Å²) in [7, 11) is 0. The Labute approximate surface area is 228 Å². The summed E-state index contributed by atoms with van der Waals surface area (Å²) < 4.78 is 0. The summed E-state index contributed by atoms with van der Waals surface area (Å²) in [6, 6.07) is 13.6. The van der Waals surface area contributed by atoms with Gasteiger partial charge in [0, 0.05) is 31.0 Å². The molecule has 0 spiro atoms. The number of amides is 4. The van der Waals surface area contributed by atoms with Crippen molar-refractivity contribution in [2.45, 2.75) is 38.6 Å². The number of para-hydroxylation sites is 1. The molecule has 2 aromatic carbocycles. The highest BCUT2D eigenvalue weighted by molar-refractivity contribution is 6.00. The highest BCUT2D eigenvalue weighted by Gasteiger charge is 2.38. The molecule has 2 aliphatic rings. The molecule has 3 N–H and O–H groups in total. The number of carboxylic acids is 1. The Bertz CT molecular complexity index is 1270. The number of nitrogens with zero attached hydrogens (tertiary/aromatic N) is 2. The summed E-state index contributed by atoms with van der Waals surface area (Å²) in [6.45, 7) is 2.73. The van der Waals surface area contributed by atoms with Gasteiger partial charge in [-0.05, 0) is 55.0 Å². The molecule has 4 amide bonds. The third-order valence-corrected chi connectivity index (χ3v) is 7.06. The first-order chi connectivity index (χ1) is 18.8. The zero-order chi connectivity index (χ0) is 27.8. The molecule has 4 rings (SSSR count). The fourth-order valence-corrected chi connectivity index (χ4v) is 4.89. The van der Waals surface area contributed by atoms with Gasteiger partial charge in [0.25, 0.3) is 0 Å². The lowest BCUT2D eigenvalue weighted by molar-refractivity contribution is -0.152. The van der Waals surface area contributed by atoms with Crippen molar-refractivity contribution < 1.29 is 24.3 Å². The van der Waals surface area contributed by atoms with E-state index in [0.29, 0.717) is 25.2 Å². The third kappa shape index (κ3) is 7.56. The van der Waals surface area contributed by atoms with E-state index in [-0.39, 0.29) is 43.1 Å². The Hall–Kier alpha value is -4.40. The quantitative estimate of drug-likeness (QED) is 0.449. The van der Waals surface area contributed by atoms with E-state index < -0.39 is 12.0 Å². The molecule has 9 nitrogen and oxygen atoms in total. The maximum atomic E-state index is 13.4. The van der Waals surface area contributed by atoms with Crippen LogP contribution in [0.1, 0.15) is 30.4 Å². The second-order valence-corrected chi connectivity index (χ2v) is 9.88. The van der Waals surface area contributed by atoms with Crippen LogP contribution in [0.2, 0.25) is 0 Å². The van der Waals surface area contributed by atoms with Crippen LogP contribution >= 0.6 is 0 Å².